The van der Waals surface area contributed by atoms with E-state index in [0.29, 0.717) is 30.9 Å². The zero-order valence-corrected chi connectivity index (χ0v) is 36.3. The van der Waals surface area contributed by atoms with E-state index in [1.165, 1.54) is 18.4 Å². The first-order valence-corrected chi connectivity index (χ1v) is 23.2. The Bertz CT molecular complexity index is 1400. The monoisotopic (exact) mass is 789 g/mol. The van der Waals surface area contributed by atoms with E-state index in [0.717, 1.165) is 50.5 Å². The van der Waals surface area contributed by atoms with Crippen molar-refractivity contribution in [3.8, 4) is 5.75 Å². The lowest BCUT2D eigenvalue weighted by Gasteiger charge is -2.44. The number of ketones is 1. The van der Waals surface area contributed by atoms with Crippen molar-refractivity contribution in [1.82, 2.24) is 10.2 Å². The number of aliphatic carboxylic acids is 1. The first-order chi connectivity index (χ1) is 25.7. The summed E-state index contributed by atoms with van der Waals surface area (Å²) in [5, 5.41) is 13.9. The molecule has 55 heavy (non-hydrogen) atoms. The fourth-order valence-corrected chi connectivity index (χ4v) is 9.31. The number of rotatable bonds is 19. The fraction of sp³-hybridized carbons (Fsp3) is 0.762. The average Bonchev–Trinajstić information content (AvgIpc) is 3.10. The van der Waals surface area contributed by atoms with Crippen molar-refractivity contribution in [1.29, 1.82) is 0 Å². The van der Waals surface area contributed by atoms with Crippen LogP contribution in [0.3, 0.4) is 0 Å². The zero-order chi connectivity index (χ0) is 41.1. The Kier molecular flexibility index (Phi) is 17.2. The summed E-state index contributed by atoms with van der Waals surface area (Å²) < 4.78 is 24.0. The highest BCUT2D eigenvalue weighted by Gasteiger charge is 2.48. The third-order valence-electron chi connectivity index (χ3n) is 11.8. The zero-order valence-electron chi connectivity index (χ0n) is 35.3. The quantitative estimate of drug-likeness (QED) is 0.0721. The molecule has 1 aromatic rings. The Balaban J connectivity index is 2.22. The van der Waals surface area contributed by atoms with Gasteiger partial charge in [0.1, 0.15) is 11.4 Å². The molecule has 12 nitrogen and oxygen atoms in total. The van der Waals surface area contributed by atoms with Crippen molar-refractivity contribution in [2.45, 2.75) is 179 Å². The van der Waals surface area contributed by atoms with E-state index in [-0.39, 0.29) is 17.9 Å². The molecule has 0 bridgehead atoms. The van der Waals surface area contributed by atoms with E-state index >= 15 is 4.79 Å². The fourth-order valence-electron chi connectivity index (χ4n) is 7.94. The lowest BCUT2D eigenvalue weighted by atomic mass is 9.80. The Morgan fingerprint density at radius 2 is 1.47 bits per heavy atom. The minimum atomic E-state index is -2.56. The van der Waals surface area contributed by atoms with E-state index in [1.807, 2.05) is 45.0 Å². The number of alkyl carbamates (subject to hydrolysis) is 1. The molecule has 5 atom stereocenters. The number of nitrogens with one attached hydrogen (secondary N) is 1. The van der Waals surface area contributed by atoms with Gasteiger partial charge in [-0.2, -0.15) is 0 Å². The Hall–Kier alpha value is -3.00. The van der Waals surface area contributed by atoms with Crippen molar-refractivity contribution >= 4 is 32.1 Å². The number of primary amides is 1. The van der Waals surface area contributed by atoms with Crippen molar-refractivity contribution in [3.63, 3.8) is 0 Å². The van der Waals surface area contributed by atoms with Gasteiger partial charge < -0.3 is 34.8 Å². The van der Waals surface area contributed by atoms with Gasteiger partial charge in [0.25, 0.3) is 5.91 Å². The highest BCUT2D eigenvalue weighted by atomic mass is 28.4. The van der Waals surface area contributed by atoms with Crippen LogP contribution in [-0.4, -0.2) is 92.4 Å². The number of carbonyl (C=O) groups excluding carboxylic acids is 3. The molecular formula is C42H71N3O9Si. The molecule has 2 aliphatic carbocycles. The van der Waals surface area contributed by atoms with Crippen molar-refractivity contribution in [2.24, 2.45) is 17.6 Å². The van der Waals surface area contributed by atoms with Crippen molar-refractivity contribution < 1.29 is 42.9 Å². The molecule has 2 amide bonds. The summed E-state index contributed by atoms with van der Waals surface area (Å²) in [7, 11) is 0.326. The maximum absolute atomic E-state index is 15.2. The molecule has 3 rings (SSSR count). The van der Waals surface area contributed by atoms with Crippen LogP contribution in [0.1, 0.15) is 124 Å². The van der Waals surface area contributed by atoms with Crippen LogP contribution in [-0.2, 0) is 34.7 Å². The Labute approximate surface area is 331 Å². The van der Waals surface area contributed by atoms with E-state index in [1.54, 1.807) is 7.11 Å². The molecule has 13 heteroatoms. The number of Topliss-reactive ketones (excluding diaryl/α,β-unsaturated/α-hetero) is 1. The smallest absolute Gasteiger partial charge is 0.407 e. The number of nitrogens with two attached hydrogens (primary N) is 1. The molecule has 0 spiro atoms. The number of benzene rings is 1. The SMILES string of the molecule is COc1ccc(CC(C[C@H](O[Si](C)(C)C(C)(C)C)[C@H](CC2CCCCC2)NC(=O)OC(C)(C)C)C(=O)C(C(=O)O)N(C2CCCCC2)[C@H](OC)C(N)=O)cc1. The van der Waals surface area contributed by atoms with Gasteiger partial charge in [0, 0.05) is 19.1 Å². The lowest BCUT2D eigenvalue weighted by molar-refractivity contribution is -0.167. The minimum absolute atomic E-state index is 0.126. The van der Waals surface area contributed by atoms with Crippen LogP contribution in [0, 0.1) is 11.8 Å². The summed E-state index contributed by atoms with van der Waals surface area (Å²) >= 11 is 0. The molecule has 1 aromatic carbocycles. The van der Waals surface area contributed by atoms with Gasteiger partial charge in [0.2, 0.25) is 0 Å². The molecular weight excluding hydrogens is 719 g/mol. The van der Waals surface area contributed by atoms with Crippen LogP contribution in [0.25, 0.3) is 0 Å². The maximum atomic E-state index is 15.2. The van der Waals surface area contributed by atoms with Crippen LogP contribution >= 0.6 is 0 Å². The van der Waals surface area contributed by atoms with Crippen molar-refractivity contribution in [2.75, 3.05) is 14.2 Å². The Morgan fingerprint density at radius 1 is 0.909 bits per heavy atom. The number of carbonyl (C=O) groups is 4. The molecule has 2 unspecified atom stereocenters. The molecule has 0 radical (unpaired) electrons. The van der Waals surface area contributed by atoms with Gasteiger partial charge in [-0.15, -0.1) is 0 Å². The van der Waals surface area contributed by atoms with E-state index < -0.39 is 74.0 Å². The number of amides is 2. The summed E-state index contributed by atoms with van der Waals surface area (Å²) in [6.07, 6.45) is 7.58. The van der Waals surface area contributed by atoms with Gasteiger partial charge >= 0.3 is 12.1 Å². The third-order valence-corrected chi connectivity index (χ3v) is 16.3. The molecule has 0 aliphatic heterocycles. The number of carboxylic acids is 1. The largest absolute Gasteiger partial charge is 0.497 e. The van der Waals surface area contributed by atoms with E-state index in [2.05, 4.69) is 39.2 Å². The first-order valence-electron chi connectivity index (χ1n) is 20.3. The summed E-state index contributed by atoms with van der Waals surface area (Å²) in [5.74, 6) is -2.69. The topological polar surface area (TPSA) is 167 Å². The first kappa shape index (κ1) is 46.4. The predicted octanol–water partition coefficient (Wildman–Crippen LogP) is 7.61. The number of carboxylic acid groups (broad SMARTS) is 1. The molecule has 0 aromatic heterocycles. The van der Waals surface area contributed by atoms with Gasteiger partial charge in [0.05, 0.1) is 19.3 Å². The predicted molar refractivity (Wildman–Crippen MR) is 216 cm³/mol. The van der Waals surface area contributed by atoms with Gasteiger partial charge in [-0.25, -0.2) is 9.69 Å². The summed E-state index contributed by atoms with van der Waals surface area (Å²) in [5.41, 5.74) is 5.91. The minimum Gasteiger partial charge on any atom is -0.497 e. The molecule has 0 heterocycles. The summed E-state index contributed by atoms with van der Waals surface area (Å²) in [6.45, 7) is 16.2. The van der Waals surface area contributed by atoms with E-state index in [4.69, 9.17) is 24.4 Å². The number of hydrogen-bond acceptors (Lipinski definition) is 9. The van der Waals surface area contributed by atoms with E-state index in [9.17, 15) is 19.5 Å². The van der Waals surface area contributed by atoms with Crippen molar-refractivity contribution in [3.05, 3.63) is 29.8 Å². The summed E-state index contributed by atoms with van der Waals surface area (Å²) in [6, 6.07) is 4.74. The second kappa shape index (κ2) is 20.4. The highest BCUT2D eigenvalue weighted by molar-refractivity contribution is 6.74. The molecule has 2 fully saturated rings. The van der Waals surface area contributed by atoms with Crippen LogP contribution < -0.4 is 15.8 Å². The summed E-state index contributed by atoms with van der Waals surface area (Å²) in [4.78, 5) is 56.6. The number of ether oxygens (including phenoxy) is 3. The van der Waals surface area contributed by atoms with Gasteiger partial charge in [-0.05, 0) is 94.6 Å². The van der Waals surface area contributed by atoms with Gasteiger partial charge in [0.15, 0.2) is 26.4 Å². The highest BCUT2D eigenvalue weighted by Crippen LogP contribution is 2.40. The number of nitrogens with zero attached hydrogens (tertiary/aromatic N) is 1. The number of hydrogen-bond donors (Lipinski definition) is 3. The standard InChI is InChI=1S/C42H71N3O9Si/c1-41(2,3)53-40(50)44-33(26-28-17-13-11-14-18-28)34(54-55(9,10)42(4,5)6)27-30(25-29-21-23-32(51-7)24-22-29)36(46)35(39(48)49)45(38(52-8)37(43)47)31-19-15-12-16-20-31/h21-24,28,30-31,33-35,38H,11-20,25-27H2,1-10H3,(H2,43,47)(H,44,50)(H,48,49)/t30?,33-,34-,35?,38+/m0/s1. The molecule has 4 N–H and O–H groups in total. The second-order valence-electron chi connectivity index (χ2n) is 18.3. The maximum Gasteiger partial charge on any atom is 0.407 e. The van der Waals surface area contributed by atoms with Crippen LogP contribution in [0.4, 0.5) is 4.79 Å². The Morgan fingerprint density at radius 3 is 1.95 bits per heavy atom. The third kappa shape index (κ3) is 13.9. The van der Waals surface area contributed by atoms with Crippen LogP contribution in [0.2, 0.25) is 18.1 Å². The lowest BCUT2D eigenvalue weighted by Crippen LogP contribution is -2.62. The van der Waals surface area contributed by atoms with Crippen LogP contribution in [0.15, 0.2) is 24.3 Å². The molecule has 312 valence electrons. The van der Waals surface area contributed by atoms with Crippen LogP contribution in [0.5, 0.6) is 5.75 Å². The molecule has 2 aliphatic rings. The molecule has 2 saturated carbocycles. The van der Waals surface area contributed by atoms with Gasteiger partial charge in [-0.1, -0.05) is 84.3 Å². The van der Waals surface area contributed by atoms with Gasteiger partial charge in [-0.3, -0.25) is 14.4 Å². The molecule has 0 saturated heterocycles. The number of methoxy groups -OCH3 is 2. The normalized spacial score (nSPS) is 19.2. The average molecular weight is 790 g/mol. The second-order valence-corrected chi connectivity index (χ2v) is 23.0.